The predicted molar refractivity (Wildman–Crippen MR) is 145 cm³/mol. The van der Waals surface area contributed by atoms with Crippen LogP contribution in [0.3, 0.4) is 0 Å². The van der Waals surface area contributed by atoms with E-state index in [0.29, 0.717) is 35.8 Å². The van der Waals surface area contributed by atoms with E-state index in [1.807, 2.05) is 25.1 Å². The van der Waals surface area contributed by atoms with E-state index < -0.39 is 10.8 Å². The highest BCUT2D eigenvalue weighted by molar-refractivity contribution is 6.03. The number of hydrogen-bond donors (Lipinski definition) is 0. The number of ketones is 1. The third-order valence-electron chi connectivity index (χ3n) is 8.93. The normalized spacial score (nSPS) is 26.2. The highest BCUT2D eigenvalue weighted by atomic mass is 19.1. The summed E-state index contributed by atoms with van der Waals surface area (Å²) in [5.74, 6) is 0.596. The molecule has 0 unspecified atom stereocenters. The number of carbonyl (C=O) groups is 1. The molecule has 3 aliphatic rings. The Morgan fingerprint density at radius 3 is 2.63 bits per heavy atom. The Labute approximate surface area is 223 Å². The van der Waals surface area contributed by atoms with Crippen LogP contribution in [0.1, 0.15) is 75.7 Å². The fraction of sp³-hybridized carbons (Fsp3) is 0.406. The summed E-state index contributed by atoms with van der Waals surface area (Å²) in [4.78, 5) is 31.9. The Bertz CT molecular complexity index is 1530. The van der Waals surface area contributed by atoms with Gasteiger partial charge in [0.25, 0.3) is 0 Å². The minimum atomic E-state index is -0.658. The molecule has 38 heavy (non-hydrogen) atoms. The van der Waals surface area contributed by atoms with E-state index in [-0.39, 0.29) is 23.2 Å². The largest absolute Gasteiger partial charge is 0.307 e. The molecule has 1 aromatic carbocycles. The lowest BCUT2D eigenvalue weighted by molar-refractivity contribution is -0.130. The van der Waals surface area contributed by atoms with Crippen LogP contribution in [0.2, 0.25) is 0 Å². The zero-order valence-electron chi connectivity index (χ0n) is 22.1. The van der Waals surface area contributed by atoms with Gasteiger partial charge in [0.15, 0.2) is 11.6 Å². The summed E-state index contributed by atoms with van der Waals surface area (Å²) in [6.45, 7) is 14.0. The maximum atomic E-state index is 15.2. The van der Waals surface area contributed by atoms with E-state index in [1.165, 1.54) is 6.07 Å². The molecule has 6 heteroatoms. The average molecular weight is 507 g/mol. The summed E-state index contributed by atoms with van der Waals surface area (Å²) in [5, 5.41) is 0. The van der Waals surface area contributed by atoms with Crippen molar-refractivity contribution in [1.29, 1.82) is 0 Å². The van der Waals surface area contributed by atoms with Gasteiger partial charge in [0.05, 0.1) is 18.0 Å². The molecule has 0 radical (unpaired) electrons. The summed E-state index contributed by atoms with van der Waals surface area (Å²) >= 11 is 0. The highest BCUT2D eigenvalue weighted by Crippen LogP contribution is 2.57. The molecule has 3 atom stereocenters. The maximum Gasteiger partial charge on any atom is 0.226 e. The number of Topliss-reactive ketones (excluding diaryl/α,β-unsaturated/α-hetero) is 1. The van der Waals surface area contributed by atoms with Gasteiger partial charge in [-0.3, -0.25) is 4.98 Å². The van der Waals surface area contributed by atoms with Crippen LogP contribution in [0.5, 0.6) is 0 Å². The van der Waals surface area contributed by atoms with Crippen molar-refractivity contribution in [3.05, 3.63) is 88.6 Å². The van der Waals surface area contributed by atoms with Crippen molar-refractivity contribution < 1.29 is 9.18 Å². The first-order chi connectivity index (χ1) is 18.3. The van der Waals surface area contributed by atoms with Crippen molar-refractivity contribution in [2.75, 3.05) is 0 Å². The van der Waals surface area contributed by atoms with E-state index in [9.17, 15) is 4.79 Å². The van der Waals surface area contributed by atoms with Crippen molar-refractivity contribution in [3.8, 4) is 22.6 Å². The number of aromatic nitrogens is 3. The fourth-order valence-electron chi connectivity index (χ4n) is 6.95. The lowest BCUT2D eigenvalue weighted by Gasteiger charge is -2.52. The Balaban J connectivity index is 1.63. The molecule has 0 amide bonds. The summed E-state index contributed by atoms with van der Waals surface area (Å²) in [6, 6.07) is 10.7. The zero-order valence-corrected chi connectivity index (χ0v) is 22.1. The summed E-state index contributed by atoms with van der Waals surface area (Å²) < 4.78 is 15.2. The monoisotopic (exact) mass is 506 g/mol. The van der Waals surface area contributed by atoms with Crippen molar-refractivity contribution in [1.82, 2.24) is 15.0 Å². The summed E-state index contributed by atoms with van der Waals surface area (Å²) in [6.07, 6.45) is 8.87. The Morgan fingerprint density at radius 2 is 1.92 bits per heavy atom. The van der Waals surface area contributed by atoms with Crippen molar-refractivity contribution in [2.45, 2.75) is 70.6 Å². The van der Waals surface area contributed by atoms with Gasteiger partial charge in [-0.25, -0.2) is 19.2 Å². The van der Waals surface area contributed by atoms with E-state index in [2.05, 4.69) is 29.7 Å². The van der Waals surface area contributed by atoms with Crippen LogP contribution in [0.15, 0.2) is 54.4 Å². The molecule has 0 aliphatic heterocycles. The van der Waals surface area contributed by atoms with Gasteiger partial charge in [-0.05, 0) is 62.3 Å². The first-order valence-electron chi connectivity index (χ1n) is 13.6. The van der Waals surface area contributed by atoms with E-state index >= 15 is 4.39 Å². The van der Waals surface area contributed by atoms with Crippen LogP contribution in [-0.2, 0) is 16.6 Å². The number of fused-ring (bicyclic) bond motifs is 3. The number of allylic oxidation sites excluding steroid dienone is 2. The molecular weight excluding hydrogens is 475 g/mol. The molecule has 0 N–H and O–H groups in total. The van der Waals surface area contributed by atoms with Gasteiger partial charge < -0.3 is 4.79 Å². The second kappa shape index (κ2) is 8.94. The standard InChI is InChI=1S/C32H31FN4O/c1-5-15-31(2)26-13-12-22-27(21-8-6-7-9-23(21)33)36-30(20-14-16-35-24(17-20)19-10-11-19)37-28(22)32(26,3)18-25(34-4)29(31)38/h6-9,14,16-19,26H,5,10-13,15H2,1-3H3/t26-,31-,32-/m1/s1. The topological polar surface area (TPSA) is 60.1 Å². The van der Waals surface area contributed by atoms with Gasteiger partial charge in [0.1, 0.15) is 5.82 Å². The summed E-state index contributed by atoms with van der Waals surface area (Å²) in [5.41, 5.74) is 3.51. The number of carbonyl (C=O) groups excluding carboxylic acids is 1. The van der Waals surface area contributed by atoms with Crippen molar-refractivity contribution in [3.63, 3.8) is 0 Å². The van der Waals surface area contributed by atoms with E-state index in [4.69, 9.17) is 16.5 Å². The highest BCUT2D eigenvalue weighted by Gasteiger charge is 2.56. The SMILES string of the molecule is [C-]#[N+]C1=C[C@@]2(C)c3nc(-c4ccnc(C5CC5)c4)nc(-c4ccccc4F)c3CC[C@@H]2[C@@](C)(CCC)C1=O. The molecule has 3 aromatic rings. The van der Waals surface area contributed by atoms with E-state index in [1.54, 1.807) is 18.3 Å². The first kappa shape index (κ1) is 24.6. The second-order valence-corrected chi connectivity index (χ2v) is 11.5. The molecule has 2 heterocycles. The number of pyridine rings is 1. The number of nitrogens with zero attached hydrogens (tertiary/aromatic N) is 4. The minimum Gasteiger partial charge on any atom is -0.307 e. The zero-order chi connectivity index (χ0) is 26.7. The van der Waals surface area contributed by atoms with Gasteiger partial charge in [-0.15, -0.1) is 0 Å². The Hall–Kier alpha value is -3.72. The smallest absolute Gasteiger partial charge is 0.226 e. The molecule has 6 rings (SSSR count). The number of rotatable bonds is 5. The lowest BCUT2D eigenvalue weighted by Crippen LogP contribution is -2.52. The average Bonchev–Trinajstić information content (AvgIpc) is 3.77. The third-order valence-corrected chi connectivity index (χ3v) is 8.93. The molecule has 0 saturated heterocycles. The molecule has 1 fully saturated rings. The van der Waals surface area contributed by atoms with Crippen LogP contribution < -0.4 is 0 Å². The molecule has 192 valence electrons. The second-order valence-electron chi connectivity index (χ2n) is 11.5. The van der Waals surface area contributed by atoms with Gasteiger partial charge in [-0.1, -0.05) is 45.4 Å². The molecule has 3 aliphatic carbocycles. The van der Waals surface area contributed by atoms with Crippen LogP contribution in [0.25, 0.3) is 27.5 Å². The Morgan fingerprint density at radius 1 is 1.13 bits per heavy atom. The number of hydrogen-bond acceptors (Lipinski definition) is 4. The van der Waals surface area contributed by atoms with Crippen molar-refractivity contribution in [2.24, 2.45) is 11.3 Å². The molecule has 5 nitrogen and oxygen atoms in total. The molecular formula is C32H31FN4O. The lowest BCUT2D eigenvalue weighted by atomic mass is 9.51. The number of benzene rings is 1. The minimum absolute atomic E-state index is 0.0175. The van der Waals surface area contributed by atoms with Crippen LogP contribution in [-0.4, -0.2) is 20.7 Å². The molecule has 1 saturated carbocycles. The molecule has 0 bridgehead atoms. The fourth-order valence-corrected chi connectivity index (χ4v) is 6.95. The van der Waals surface area contributed by atoms with E-state index in [0.717, 1.165) is 48.2 Å². The van der Waals surface area contributed by atoms with Crippen LogP contribution in [0, 0.1) is 23.7 Å². The first-order valence-corrected chi connectivity index (χ1v) is 13.6. The van der Waals surface area contributed by atoms with Gasteiger partial charge in [0.2, 0.25) is 5.70 Å². The third kappa shape index (κ3) is 3.71. The number of halogens is 1. The summed E-state index contributed by atoms with van der Waals surface area (Å²) in [7, 11) is 0. The quantitative estimate of drug-likeness (QED) is 0.342. The van der Waals surface area contributed by atoms with Gasteiger partial charge in [-0.2, -0.15) is 0 Å². The maximum absolute atomic E-state index is 15.2. The Kier molecular flexibility index (Phi) is 5.79. The molecule has 0 spiro atoms. The van der Waals surface area contributed by atoms with Crippen LogP contribution >= 0.6 is 0 Å². The van der Waals surface area contributed by atoms with Crippen LogP contribution in [0.4, 0.5) is 4.39 Å². The van der Waals surface area contributed by atoms with Gasteiger partial charge >= 0.3 is 0 Å². The molecule has 2 aromatic heterocycles. The van der Waals surface area contributed by atoms with Gasteiger partial charge in [0, 0.05) is 45.3 Å². The van der Waals surface area contributed by atoms with Crippen molar-refractivity contribution >= 4 is 5.78 Å². The predicted octanol–water partition coefficient (Wildman–Crippen LogP) is 7.23.